The molecule has 0 radical (unpaired) electrons. The monoisotopic (exact) mass is 315 g/mol. The van der Waals surface area contributed by atoms with Gasteiger partial charge in [-0.2, -0.15) is 13.5 Å². The lowest BCUT2D eigenvalue weighted by Crippen LogP contribution is -2.19. The van der Waals surface area contributed by atoms with E-state index < -0.39 is 10.0 Å². The Balaban J connectivity index is 2.29. The van der Waals surface area contributed by atoms with E-state index in [0.717, 1.165) is 17.9 Å². The molecule has 110 valence electrons. The molecule has 0 bridgehead atoms. The Morgan fingerprint density at radius 1 is 1.40 bits per heavy atom. The van der Waals surface area contributed by atoms with E-state index in [1.54, 1.807) is 12.3 Å². The Hall–Kier alpha value is -1.45. The molecule has 0 atom stereocenters. The topological polar surface area (TPSA) is 99.8 Å². The van der Waals surface area contributed by atoms with E-state index >= 15 is 0 Å². The third-order valence-corrected chi connectivity index (χ3v) is 5.00. The minimum absolute atomic E-state index is 0.0174. The van der Waals surface area contributed by atoms with Crippen LogP contribution in [-0.4, -0.2) is 30.1 Å². The standard InChI is InChI=1S/C11H17N5O2S2/c1-4-12-5-9-8(3)14-15-10(9)20(17,18)16-11-13-7(2)6-19-11/h6,12H,4-5H2,1-3H3,(H,13,16)(H,14,15). The average Bonchev–Trinajstić information content (AvgIpc) is 2.93. The number of anilines is 1. The Labute approximate surface area is 121 Å². The molecular weight excluding hydrogens is 298 g/mol. The highest BCUT2D eigenvalue weighted by Crippen LogP contribution is 2.22. The Bertz CT molecular complexity index is 689. The summed E-state index contributed by atoms with van der Waals surface area (Å²) in [5.74, 6) is 0. The number of thiazole rings is 1. The molecule has 0 aliphatic carbocycles. The lowest BCUT2D eigenvalue weighted by atomic mass is 10.2. The SMILES string of the molecule is CCNCc1c(S(=O)(=O)Nc2nc(C)cs2)n[nH]c1C. The summed E-state index contributed by atoms with van der Waals surface area (Å²) in [4.78, 5) is 4.09. The van der Waals surface area contributed by atoms with E-state index in [2.05, 4.69) is 25.2 Å². The first-order valence-electron chi connectivity index (χ1n) is 6.13. The van der Waals surface area contributed by atoms with Gasteiger partial charge in [0.25, 0.3) is 10.0 Å². The van der Waals surface area contributed by atoms with Gasteiger partial charge in [0.05, 0.1) is 5.69 Å². The van der Waals surface area contributed by atoms with Crippen molar-refractivity contribution >= 4 is 26.5 Å². The molecule has 2 rings (SSSR count). The highest BCUT2D eigenvalue weighted by Gasteiger charge is 2.24. The molecular formula is C11H17N5O2S2. The number of nitrogens with one attached hydrogen (secondary N) is 3. The second kappa shape index (κ2) is 5.90. The number of nitrogens with zero attached hydrogens (tertiary/aromatic N) is 2. The van der Waals surface area contributed by atoms with Crippen LogP contribution in [0.25, 0.3) is 0 Å². The Morgan fingerprint density at radius 2 is 2.15 bits per heavy atom. The average molecular weight is 315 g/mol. The van der Waals surface area contributed by atoms with Gasteiger partial charge < -0.3 is 5.32 Å². The maximum atomic E-state index is 12.4. The van der Waals surface area contributed by atoms with Crippen molar-refractivity contribution in [1.82, 2.24) is 20.5 Å². The fraction of sp³-hybridized carbons (Fsp3) is 0.455. The summed E-state index contributed by atoms with van der Waals surface area (Å²) in [6.45, 7) is 6.77. The predicted molar refractivity (Wildman–Crippen MR) is 78.4 cm³/mol. The highest BCUT2D eigenvalue weighted by molar-refractivity contribution is 7.92. The molecule has 0 aliphatic heterocycles. The zero-order chi connectivity index (χ0) is 14.8. The molecule has 0 saturated heterocycles. The molecule has 3 N–H and O–H groups in total. The molecule has 20 heavy (non-hydrogen) atoms. The zero-order valence-corrected chi connectivity index (χ0v) is 13.2. The molecule has 7 nitrogen and oxygen atoms in total. The molecule has 0 fully saturated rings. The van der Waals surface area contributed by atoms with Gasteiger partial charge in [-0.3, -0.25) is 9.82 Å². The molecule has 0 unspecified atom stereocenters. The maximum Gasteiger partial charge on any atom is 0.283 e. The van der Waals surface area contributed by atoms with Crippen LogP contribution in [0.5, 0.6) is 0 Å². The van der Waals surface area contributed by atoms with Gasteiger partial charge >= 0.3 is 0 Å². The van der Waals surface area contributed by atoms with Crippen LogP contribution in [0.2, 0.25) is 0 Å². The molecule has 0 amide bonds. The normalized spacial score (nSPS) is 11.8. The van der Waals surface area contributed by atoms with Gasteiger partial charge in [-0.15, -0.1) is 11.3 Å². The van der Waals surface area contributed by atoms with E-state index in [4.69, 9.17) is 0 Å². The smallest absolute Gasteiger partial charge is 0.283 e. The van der Waals surface area contributed by atoms with Crippen molar-refractivity contribution in [2.75, 3.05) is 11.3 Å². The third kappa shape index (κ3) is 3.17. The van der Waals surface area contributed by atoms with E-state index in [0.29, 0.717) is 17.2 Å². The molecule has 2 heterocycles. The summed E-state index contributed by atoms with van der Waals surface area (Å²) in [5.41, 5.74) is 2.16. The van der Waals surface area contributed by atoms with E-state index in [9.17, 15) is 8.42 Å². The van der Waals surface area contributed by atoms with Crippen LogP contribution in [-0.2, 0) is 16.6 Å². The van der Waals surface area contributed by atoms with Crippen molar-refractivity contribution in [1.29, 1.82) is 0 Å². The van der Waals surface area contributed by atoms with Crippen LogP contribution in [0.15, 0.2) is 10.4 Å². The highest BCUT2D eigenvalue weighted by atomic mass is 32.2. The summed E-state index contributed by atoms with van der Waals surface area (Å²) in [7, 11) is -3.72. The lowest BCUT2D eigenvalue weighted by molar-refractivity contribution is 0.594. The molecule has 2 aromatic heterocycles. The molecule has 0 aromatic carbocycles. The number of aromatic nitrogens is 3. The maximum absolute atomic E-state index is 12.4. The lowest BCUT2D eigenvalue weighted by Gasteiger charge is -2.06. The summed E-state index contributed by atoms with van der Waals surface area (Å²) in [6, 6.07) is 0. The quantitative estimate of drug-likeness (QED) is 0.748. The second-order valence-corrected chi connectivity index (χ2v) is 6.77. The van der Waals surface area contributed by atoms with Crippen LogP contribution < -0.4 is 10.0 Å². The summed E-state index contributed by atoms with van der Waals surface area (Å²) < 4.78 is 27.2. The summed E-state index contributed by atoms with van der Waals surface area (Å²) in [5, 5.41) is 11.9. The number of sulfonamides is 1. The number of hydrogen-bond donors (Lipinski definition) is 3. The van der Waals surface area contributed by atoms with Crippen molar-refractivity contribution < 1.29 is 8.42 Å². The summed E-state index contributed by atoms with van der Waals surface area (Å²) in [6.07, 6.45) is 0. The van der Waals surface area contributed by atoms with Gasteiger partial charge in [0, 0.05) is 23.2 Å². The van der Waals surface area contributed by atoms with Crippen molar-refractivity contribution in [2.45, 2.75) is 32.3 Å². The van der Waals surface area contributed by atoms with Gasteiger partial charge in [0.2, 0.25) is 5.03 Å². The van der Waals surface area contributed by atoms with Crippen LogP contribution >= 0.6 is 11.3 Å². The van der Waals surface area contributed by atoms with Crippen molar-refractivity contribution in [3.05, 3.63) is 22.3 Å². The van der Waals surface area contributed by atoms with Crippen LogP contribution in [0.3, 0.4) is 0 Å². The number of H-pyrrole nitrogens is 1. The first kappa shape index (κ1) is 14.9. The molecule has 0 aliphatic rings. The minimum atomic E-state index is -3.72. The Morgan fingerprint density at radius 3 is 2.75 bits per heavy atom. The van der Waals surface area contributed by atoms with Crippen LogP contribution in [0.4, 0.5) is 5.13 Å². The van der Waals surface area contributed by atoms with E-state index in [1.165, 1.54) is 11.3 Å². The zero-order valence-electron chi connectivity index (χ0n) is 11.5. The van der Waals surface area contributed by atoms with Gasteiger partial charge in [0.1, 0.15) is 0 Å². The second-order valence-electron chi connectivity index (χ2n) is 4.31. The predicted octanol–water partition coefficient (Wildman–Crippen LogP) is 1.39. The number of aromatic amines is 1. The van der Waals surface area contributed by atoms with Gasteiger partial charge in [-0.05, 0) is 20.4 Å². The Kier molecular flexibility index (Phi) is 4.41. The fourth-order valence-electron chi connectivity index (χ4n) is 1.67. The van der Waals surface area contributed by atoms with Gasteiger partial charge in [0.15, 0.2) is 5.13 Å². The number of hydrogen-bond acceptors (Lipinski definition) is 6. The molecule has 9 heteroatoms. The van der Waals surface area contributed by atoms with Crippen molar-refractivity contribution in [3.8, 4) is 0 Å². The molecule has 0 spiro atoms. The van der Waals surface area contributed by atoms with Gasteiger partial charge in [-0.1, -0.05) is 6.92 Å². The first-order valence-corrected chi connectivity index (χ1v) is 8.50. The van der Waals surface area contributed by atoms with Crippen molar-refractivity contribution in [3.63, 3.8) is 0 Å². The van der Waals surface area contributed by atoms with Gasteiger partial charge in [-0.25, -0.2) is 4.98 Å². The number of aryl methyl sites for hydroxylation is 2. The molecule has 0 saturated carbocycles. The van der Waals surface area contributed by atoms with Crippen LogP contribution in [0, 0.1) is 13.8 Å². The summed E-state index contributed by atoms with van der Waals surface area (Å²) >= 11 is 1.25. The fourth-order valence-corrected chi connectivity index (χ4v) is 3.82. The largest absolute Gasteiger partial charge is 0.313 e. The first-order chi connectivity index (χ1) is 9.44. The minimum Gasteiger partial charge on any atom is -0.313 e. The number of rotatable bonds is 6. The van der Waals surface area contributed by atoms with Crippen molar-refractivity contribution in [2.24, 2.45) is 0 Å². The van der Waals surface area contributed by atoms with E-state index in [1.807, 2.05) is 13.8 Å². The third-order valence-electron chi connectivity index (χ3n) is 2.68. The van der Waals surface area contributed by atoms with E-state index in [-0.39, 0.29) is 5.03 Å². The molecule has 2 aromatic rings. The van der Waals surface area contributed by atoms with Crippen LogP contribution in [0.1, 0.15) is 23.9 Å².